The molecule has 4 rings (SSSR count). The number of anilines is 1. The summed E-state index contributed by atoms with van der Waals surface area (Å²) in [5.41, 5.74) is 3.94. The molecule has 1 aliphatic heterocycles. The SMILES string of the molecule is COc1cccc2c3c(c(=O)[nH]c12)CCN3Cc1ccccc1. The summed E-state index contributed by atoms with van der Waals surface area (Å²) >= 11 is 0. The fourth-order valence-corrected chi connectivity index (χ4v) is 3.40. The topological polar surface area (TPSA) is 45.3 Å². The van der Waals surface area contributed by atoms with E-state index in [0.717, 1.165) is 41.7 Å². The van der Waals surface area contributed by atoms with E-state index in [2.05, 4.69) is 28.1 Å². The van der Waals surface area contributed by atoms with Crippen LogP contribution >= 0.6 is 0 Å². The lowest BCUT2D eigenvalue weighted by molar-refractivity contribution is 0.419. The van der Waals surface area contributed by atoms with Gasteiger partial charge in [-0.25, -0.2) is 0 Å². The highest BCUT2D eigenvalue weighted by atomic mass is 16.5. The van der Waals surface area contributed by atoms with Crippen molar-refractivity contribution in [2.24, 2.45) is 0 Å². The highest BCUT2D eigenvalue weighted by Gasteiger charge is 2.25. The number of H-pyrrole nitrogens is 1. The highest BCUT2D eigenvalue weighted by molar-refractivity contribution is 5.97. The highest BCUT2D eigenvalue weighted by Crippen LogP contribution is 2.36. The summed E-state index contributed by atoms with van der Waals surface area (Å²) < 4.78 is 5.41. The third kappa shape index (κ3) is 2.27. The van der Waals surface area contributed by atoms with E-state index in [1.54, 1.807) is 7.11 Å². The van der Waals surface area contributed by atoms with Crippen LogP contribution in [0.2, 0.25) is 0 Å². The van der Waals surface area contributed by atoms with E-state index in [-0.39, 0.29) is 5.56 Å². The minimum atomic E-state index is -0.00689. The molecule has 0 saturated carbocycles. The predicted molar refractivity (Wildman–Crippen MR) is 92.3 cm³/mol. The molecule has 23 heavy (non-hydrogen) atoms. The average Bonchev–Trinajstić information content (AvgIpc) is 3.00. The largest absolute Gasteiger partial charge is 0.495 e. The number of aromatic amines is 1. The van der Waals surface area contributed by atoms with E-state index in [1.807, 2.05) is 30.3 Å². The summed E-state index contributed by atoms with van der Waals surface area (Å²) in [6, 6.07) is 16.3. The monoisotopic (exact) mass is 306 g/mol. The van der Waals surface area contributed by atoms with E-state index in [9.17, 15) is 4.79 Å². The molecule has 116 valence electrons. The van der Waals surface area contributed by atoms with Crippen LogP contribution in [0.25, 0.3) is 10.9 Å². The molecule has 0 aliphatic carbocycles. The summed E-state index contributed by atoms with van der Waals surface area (Å²) in [5, 5.41) is 1.05. The normalized spacial score (nSPS) is 13.3. The lowest BCUT2D eigenvalue weighted by Gasteiger charge is -2.21. The summed E-state index contributed by atoms with van der Waals surface area (Å²) in [7, 11) is 1.63. The zero-order valence-corrected chi connectivity index (χ0v) is 13.0. The minimum absolute atomic E-state index is 0.00689. The second kappa shape index (κ2) is 5.47. The molecule has 1 aromatic heterocycles. The van der Waals surface area contributed by atoms with Gasteiger partial charge in [0.05, 0.1) is 18.3 Å². The summed E-state index contributed by atoms with van der Waals surface area (Å²) in [4.78, 5) is 17.7. The van der Waals surface area contributed by atoms with Crippen molar-refractivity contribution >= 4 is 16.6 Å². The third-order valence-electron chi connectivity index (χ3n) is 4.46. The van der Waals surface area contributed by atoms with Crippen molar-refractivity contribution in [1.29, 1.82) is 0 Å². The first kappa shape index (κ1) is 13.9. The number of pyridine rings is 1. The number of nitrogens with one attached hydrogen (secondary N) is 1. The van der Waals surface area contributed by atoms with Crippen molar-refractivity contribution in [3.63, 3.8) is 0 Å². The predicted octanol–water partition coefficient (Wildman–Crippen LogP) is 3.10. The molecule has 0 saturated heterocycles. The molecule has 0 spiro atoms. The van der Waals surface area contributed by atoms with Crippen molar-refractivity contribution in [3.05, 3.63) is 70.0 Å². The fourth-order valence-electron chi connectivity index (χ4n) is 3.40. The number of ether oxygens (including phenoxy) is 1. The Morgan fingerprint density at radius 2 is 1.96 bits per heavy atom. The van der Waals surface area contributed by atoms with Gasteiger partial charge in [0.25, 0.3) is 5.56 Å². The molecule has 4 heteroatoms. The smallest absolute Gasteiger partial charge is 0.253 e. The lowest BCUT2D eigenvalue weighted by atomic mass is 10.1. The molecule has 2 heterocycles. The van der Waals surface area contributed by atoms with Crippen LogP contribution in [0.3, 0.4) is 0 Å². The molecule has 0 fully saturated rings. The van der Waals surface area contributed by atoms with Crippen molar-refractivity contribution in [1.82, 2.24) is 4.98 Å². The minimum Gasteiger partial charge on any atom is -0.495 e. The van der Waals surface area contributed by atoms with E-state index < -0.39 is 0 Å². The van der Waals surface area contributed by atoms with Crippen molar-refractivity contribution in [2.75, 3.05) is 18.6 Å². The summed E-state index contributed by atoms with van der Waals surface area (Å²) in [6.07, 6.45) is 0.782. The number of rotatable bonds is 3. The van der Waals surface area contributed by atoms with Gasteiger partial charge in [0, 0.05) is 24.0 Å². The Morgan fingerprint density at radius 1 is 1.13 bits per heavy atom. The zero-order valence-electron chi connectivity index (χ0n) is 13.0. The van der Waals surface area contributed by atoms with Gasteiger partial charge in [-0.3, -0.25) is 4.79 Å². The van der Waals surface area contributed by atoms with Crippen LogP contribution in [0.5, 0.6) is 5.75 Å². The molecule has 4 nitrogen and oxygen atoms in total. The van der Waals surface area contributed by atoms with Crippen molar-refractivity contribution < 1.29 is 4.74 Å². The Kier molecular flexibility index (Phi) is 3.30. The Bertz CT molecular complexity index is 916. The van der Waals surface area contributed by atoms with Gasteiger partial charge in [-0.15, -0.1) is 0 Å². The molecule has 0 unspecified atom stereocenters. The molecule has 1 aliphatic rings. The van der Waals surface area contributed by atoms with Crippen molar-refractivity contribution in [3.8, 4) is 5.75 Å². The molecule has 0 bridgehead atoms. The first-order chi connectivity index (χ1) is 11.3. The number of fused-ring (bicyclic) bond motifs is 3. The van der Waals surface area contributed by atoms with Crippen LogP contribution in [-0.4, -0.2) is 18.6 Å². The first-order valence-electron chi connectivity index (χ1n) is 7.78. The number of aromatic nitrogens is 1. The van der Waals surface area contributed by atoms with E-state index >= 15 is 0 Å². The van der Waals surface area contributed by atoms with E-state index in [1.165, 1.54) is 5.56 Å². The van der Waals surface area contributed by atoms with Gasteiger partial charge in [-0.2, -0.15) is 0 Å². The molecule has 0 radical (unpaired) electrons. The number of para-hydroxylation sites is 1. The van der Waals surface area contributed by atoms with Crippen LogP contribution in [0.1, 0.15) is 11.1 Å². The maximum atomic E-state index is 12.5. The molecule has 2 aromatic carbocycles. The maximum Gasteiger partial charge on any atom is 0.253 e. The van der Waals surface area contributed by atoms with Gasteiger partial charge in [0.15, 0.2) is 0 Å². The molecular formula is C19H18N2O2. The number of hydrogen-bond donors (Lipinski definition) is 1. The van der Waals surface area contributed by atoms with Gasteiger partial charge in [-0.05, 0) is 18.1 Å². The lowest BCUT2D eigenvalue weighted by Crippen LogP contribution is -2.20. The van der Waals surface area contributed by atoms with Gasteiger partial charge in [0.2, 0.25) is 0 Å². The van der Waals surface area contributed by atoms with Crippen LogP contribution in [0.4, 0.5) is 5.69 Å². The maximum absolute atomic E-state index is 12.5. The second-order valence-corrected chi connectivity index (χ2v) is 5.82. The van der Waals surface area contributed by atoms with Crippen LogP contribution in [-0.2, 0) is 13.0 Å². The van der Waals surface area contributed by atoms with Crippen molar-refractivity contribution in [2.45, 2.75) is 13.0 Å². The quantitative estimate of drug-likeness (QED) is 0.809. The molecule has 0 atom stereocenters. The standard InChI is InChI=1S/C19H18N2O2/c1-23-16-9-5-8-14-17(16)20-19(22)15-10-11-21(18(14)15)12-13-6-3-2-4-7-13/h2-9H,10-12H2,1H3,(H,20,22). The summed E-state index contributed by atoms with van der Waals surface area (Å²) in [6.45, 7) is 1.67. The zero-order chi connectivity index (χ0) is 15.8. The number of methoxy groups -OCH3 is 1. The third-order valence-corrected chi connectivity index (χ3v) is 4.46. The molecule has 1 N–H and O–H groups in total. The van der Waals surface area contributed by atoms with Gasteiger partial charge in [0.1, 0.15) is 5.75 Å². The second-order valence-electron chi connectivity index (χ2n) is 5.82. The fraction of sp³-hybridized carbons (Fsp3) is 0.211. The van der Waals surface area contributed by atoms with Gasteiger partial charge in [-0.1, -0.05) is 42.5 Å². The number of hydrogen-bond acceptors (Lipinski definition) is 3. The Balaban J connectivity index is 1.88. The first-order valence-corrected chi connectivity index (χ1v) is 7.78. The van der Waals surface area contributed by atoms with Crippen LogP contribution in [0, 0.1) is 0 Å². The van der Waals surface area contributed by atoms with Gasteiger partial charge < -0.3 is 14.6 Å². The average molecular weight is 306 g/mol. The van der Waals surface area contributed by atoms with Crippen LogP contribution < -0.4 is 15.2 Å². The number of nitrogens with zero attached hydrogens (tertiary/aromatic N) is 1. The Hall–Kier alpha value is -2.75. The van der Waals surface area contributed by atoms with E-state index in [0.29, 0.717) is 5.75 Å². The van der Waals surface area contributed by atoms with E-state index in [4.69, 9.17) is 4.74 Å². The van der Waals surface area contributed by atoms with Crippen LogP contribution in [0.15, 0.2) is 53.3 Å². The summed E-state index contributed by atoms with van der Waals surface area (Å²) in [5.74, 6) is 0.703. The molecular weight excluding hydrogens is 288 g/mol. The Labute approximate surface area is 134 Å². The number of benzene rings is 2. The molecule has 3 aromatic rings. The molecule has 0 amide bonds. The van der Waals surface area contributed by atoms with Gasteiger partial charge >= 0.3 is 0 Å². The Morgan fingerprint density at radius 3 is 2.74 bits per heavy atom.